The second kappa shape index (κ2) is 10.8. The fourth-order valence-electron chi connectivity index (χ4n) is 3.49. The number of H-pyrrole nitrogens is 1. The molecule has 33 heavy (non-hydrogen) atoms. The van der Waals surface area contributed by atoms with Crippen molar-refractivity contribution in [3.8, 4) is 5.75 Å². The molecule has 3 aromatic carbocycles. The summed E-state index contributed by atoms with van der Waals surface area (Å²) in [6.45, 7) is -0.123. The first-order valence-electron chi connectivity index (χ1n) is 10.7. The zero-order valence-electron chi connectivity index (χ0n) is 18.3. The molecule has 2 N–H and O–H groups in total. The van der Waals surface area contributed by atoms with Crippen LogP contribution in [-0.4, -0.2) is 40.3 Å². The Kier molecular flexibility index (Phi) is 7.42. The van der Waals surface area contributed by atoms with E-state index in [1.807, 2.05) is 48.7 Å². The van der Waals surface area contributed by atoms with Gasteiger partial charge < -0.3 is 15.0 Å². The normalized spacial score (nSPS) is 11.8. The van der Waals surface area contributed by atoms with E-state index >= 15 is 0 Å². The highest BCUT2D eigenvalue weighted by molar-refractivity contribution is 7.98. The summed E-state index contributed by atoms with van der Waals surface area (Å²) in [6.07, 6.45) is 2.79. The van der Waals surface area contributed by atoms with Crippen LogP contribution in [0.25, 0.3) is 11.0 Å². The van der Waals surface area contributed by atoms with E-state index in [2.05, 4.69) is 15.3 Å². The molecule has 1 atom stereocenters. The van der Waals surface area contributed by atoms with Gasteiger partial charge in [-0.05, 0) is 54.8 Å². The number of carbonyl (C=O) groups is 2. The second-order valence-electron chi connectivity index (χ2n) is 7.55. The largest absolute Gasteiger partial charge is 0.484 e. The fraction of sp³-hybridized carbons (Fsp3) is 0.192. The topological polar surface area (TPSA) is 84.1 Å². The molecule has 1 amide bonds. The Morgan fingerprint density at radius 2 is 1.67 bits per heavy atom. The number of thioether (sulfide) groups is 1. The first-order valence-corrected chi connectivity index (χ1v) is 12.1. The average Bonchev–Trinajstić information content (AvgIpc) is 3.30. The summed E-state index contributed by atoms with van der Waals surface area (Å²) < 4.78 is 5.65. The van der Waals surface area contributed by atoms with Crippen LogP contribution in [0.4, 0.5) is 0 Å². The van der Waals surface area contributed by atoms with Gasteiger partial charge in [-0.2, -0.15) is 11.8 Å². The highest BCUT2D eigenvalue weighted by Crippen LogP contribution is 2.20. The van der Waals surface area contributed by atoms with Gasteiger partial charge in [0, 0.05) is 11.1 Å². The predicted octanol–water partition coefficient (Wildman–Crippen LogP) is 4.78. The van der Waals surface area contributed by atoms with Crippen LogP contribution < -0.4 is 10.1 Å². The number of imidazole rings is 1. The molecule has 4 rings (SSSR count). The SMILES string of the molecule is CSCCC(NC(=O)COc1ccc(C(=O)c2ccccc2)cc1)c1nc2ccccc2[nH]1. The van der Waals surface area contributed by atoms with Crippen molar-refractivity contribution in [2.24, 2.45) is 0 Å². The highest BCUT2D eigenvalue weighted by Gasteiger charge is 2.18. The van der Waals surface area contributed by atoms with Gasteiger partial charge in [-0.3, -0.25) is 9.59 Å². The van der Waals surface area contributed by atoms with Gasteiger partial charge in [0.2, 0.25) is 0 Å². The number of rotatable bonds is 10. The summed E-state index contributed by atoms with van der Waals surface area (Å²) in [6, 6.07) is 23.5. The highest BCUT2D eigenvalue weighted by atomic mass is 32.2. The lowest BCUT2D eigenvalue weighted by atomic mass is 10.0. The molecule has 0 aliphatic carbocycles. The van der Waals surface area contributed by atoms with Crippen LogP contribution in [-0.2, 0) is 4.79 Å². The predicted molar refractivity (Wildman–Crippen MR) is 132 cm³/mol. The van der Waals surface area contributed by atoms with Crippen LogP contribution in [0, 0.1) is 0 Å². The van der Waals surface area contributed by atoms with Crippen LogP contribution in [0.2, 0.25) is 0 Å². The molecular weight excluding hydrogens is 434 g/mol. The molecule has 0 spiro atoms. The third-order valence-electron chi connectivity index (χ3n) is 5.21. The van der Waals surface area contributed by atoms with Crippen molar-refractivity contribution < 1.29 is 14.3 Å². The van der Waals surface area contributed by atoms with Crippen molar-refractivity contribution in [3.05, 3.63) is 95.8 Å². The van der Waals surface area contributed by atoms with Gasteiger partial charge in [0.15, 0.2) is 12.4 Å². The van der Waals surface area contributed by atoms with Gasteiger partial charge in [0.25, 0.3) is 5.91 Å². The second-order valence-corrected chi connectivity index (χ2v) is 8.53. The van der Waals surface area contributed by atoms with Gasteiger partial charge in [-0.25, -0.2) is 4.98 Å². The quantitative estimate of drug-likeness (QED) is 0.333. The van der Waals surface area contributed by atoms with Crippen molar-refractivity contribution in [1.82, 2.24) is 15.3 Å². The van der Waals surface area contributed by atoms with E-state index in [1.54, 1.807) is 48.2 Å². The van der Waals surface area contributed by atoms with Crippen LogP contribution >= 0.6 is 11.8 Å². The fourth-order valence-corrected chi connectivity index (χ4v) is 3.97. The number of amides is 1. The number of ether oxygens (including phenoxy) is 1. The van der Waals surface area contributed by atoms with E-state index in [-0.39, 0.29) is 24.3 Å². The number of nitrogens with one attached hydrogen (secondary N) is 2. The molecular formula is C26H25N3O3S. The molecule has 0 aliphatic rings. The van der Waals surface area contributed by atoms with E-state index in [0.29, 0.717) is 16.9 Å². The van der Waals surface area contributed by atoms with Crippen molar-refractivity contribution in [2.75, 3.05) is 18.6 Å². The summed E-state index contributed by atoms with van der Waals surface area (Å²) in [4.78, 5) is 33.1. The van der Waals surface area contributed by atoms with Crippen molar-refractivity contribution >= 4 is 34.5 Å². The first kappa shape index (κ1) is 22.6. The average molecular weight is 460 g/mol. The van der Waals surface area contributed by atoms with E-state index in [1.165, 1.54) is 0 Å². The number of aromatic amines is 1. The van der Waals surface area contributed by atoms with Gasteiger partial charge in [0.1, 0.15) is 11.6 Å². The van der Waals surface area contributed by atoms with Gasteiger partial charge >= 0.3 is 0 Å². The molecule has 1 unspecified atom stereocenters. The molecule has 0 radical (unpaired) electrons. The van der Waals surface area contributed by atoms with E-state index in [9.17, 15) is 9.59 Å². The number of hydrogen-bond acceptors (Lipinski definition) is 5. The Morgan fingerprint density at radius 1 is 0.970 bits per heavy atom. The summed E-state index contributed by atoms with van der Waals surface area (Å²) in [5, 5.41) is 3.03. The molecule has 168 valence electrons. The van der Waals surface area contributed by atoms with Crippen molar-refractivity contribution in [3.63, 3.8) is 0 Å². The molecule has 0 saturated heterocycles. The summed E-state index contributed by atoms with van der Waals surface area (Å²) in [5.74, 6) is 1.87. The number of para-hydroxylation sites is 2. The van der Waals surface area contributed by atoms with E-state index in [4.69, 9.17) is 4.74 Å². The molecule has 1 heterocycles. The third-order valence-corrected chi connectivity index (χ3v) is 5.85. The standard InChI is InChI=1S/C26H25N3O3S/c1-33-16-15-23(26-28-21-9-5-6-10-22(21)29-26)27-24(30)17-32-20-13-11-19(12-14-20)25(31)18-7-3-2-4-8-18/h2-14,23H,15-17H2,1H3,(H,27,30)(H,28,29). The Morgan fingerprint density at radius 3 is 2.39 bits per heavy atom. The molecule has 7 heteroatoms. The van der Waals surface area contributed by atoms with Gasteiger partial charge in [-0.15, -0.1) is 0 Å². The molecule has 0 aliphatic heterocycles. The smallest absolute Gasteiger partial charge is 0.258 e. The van der Waals surface area contributed by atoms with Crippen LogP contribution in [0.15, 0.2) is 78.9 Å². The number of ketones is 1. The van der Waals surface area contributed by atoms with Gasteiger partial charge in [0.05, 0.1) is 17.1 Å². The molecule has 6 nitrogen and oxygen atoms in total. The molecule has 0 bridgehead atoms. The third kappa shape index (κ3) is 5.81. The lowest BCUT2D eigenvalue weighted by Crippen LogP contribution is -2.33. The van der Waals surface area contributed by atoms with Crippen molar-refractivity contribution in [1.29, 1.82) is 0 Å². The molecule has 4 aromatic rings. The minimum atomic E-state index is -0.231. The Labute approximate surface area is 196 Å². The van der Waals surface area contributed by atoms with Crippen molar-refractivity contribution in [2.45, 2.75) is 12.5 Å². The summed E-state index contributed by atoms with van der Waals surface area (Å²) in [7, 11) is 0. The van der Waals surface area contributed by atoms with Crippen LogP contribution in [0.3, 0.4) is 0 Å². The van der Waals surface area contributed by atoms with Gasteiger partial charge in [-0.1, -0.05) is 42.5 Å². The number of hydrogen-bond donors (Lipinski definition) is 2. The number of carbonyl (C=O) groups excluding carboxylic acids is 2. The minimum Gasteiger partial charge on any atom is -0.484 e. The Balaban J connectivity index is 1.36. The number of aromatic nitrogens is 2. The minimum absolute atomic E-state index is 0.0534. The van der Waals surface area contributed by atoms with Crippen LogP contribution in [0.5, 0.6) is 5.75 Å². The van der Waals surface area contributed by atoms with E-state index in [0.717, 1.165) is 29.0 Å². The zero-order chi connectivity index (χ0) is 23.0. The molecule has 1 aromatic heterocycles. The Bertz CT molecular complexity index is 1190. The maximum absolute atomic E-state index is 12.6. The maximum atomic E-state index is 12.6. The monoisotopic (exact) mass is 459 g/mol. The number of fused-ring (bicyclic) bond motifs is 1. The maximum Gasteiger partial charge on any atom is 0.258 e. The summed E-state index contributed by atoms with van der Waals surface area (Å²) >= 11 is 1.72. The number of nitrogens with zero attached hydrogens (tertiary/aromatic N) is 1. The lowest BCUT2D eigenvalue weighted by molar-refractivity contribution is -0.123. The number of benzene rings is 3. The zero-order valence-corrected chi connectivity index (χ0v) is 19.1. The molecule has 0 fully saturated rings. The Hall–Kier alpha value is -3.58. The van der Waals surface area contributed by atoms with Crippen LogP contribution in [0.1, 0.15) is 34.2 Å². The van der Waals surface area contributed by atoms with E-state index < -0.39 is 0 Å². The first-order chi connectivity index (χ1) is 16.1. The summed E-state index contributed by atoms with van der Waals surface area (Å²) in [5.41, 5.74) is 3.02. The molecule has 0 saturated carbocycles. The lowest BCUT2D eigenvalue weighted by Gasteiger charge is -2.16.